The van der Waals surface area contributed by atoms with Gasteiger partial charge in [0.25, 0.3) is 0 Å². The van der Waals surface area contributed by atoms with E-state index in [-0.39, 0.29) is 25.5 Å². The lowest BCUT2D eigenvalue weighted by atomic mass is 9.85. The van der Waals surface area contributed by atoms with Crippen LogP contribution in [0.25, 0.3) is 0 Å². The molecule has 0 aromatic rings. The van der Waals surface area contributed by atoms with E-state index in [4.69, 9.17) is 10.2 Å². The average molecular weight is 258 g/mol. The Morgan fingerprint density at radius 1 is 1.22 bits per heavy atom. The van der Waals surface area contributed by atoms with Gasteiger partial charge in [0, 0.05) is 26.7 Å². The third-order valence-corrected chi connectivity index (χ3v) is 3.32. The maximum absolute atomic E-state index is 11.9. The number of hydrogen-bond acceptors (Lipinski definition) is 3. The van der Waals surface area contributed by atoms with Crippen LogP contribution in [0.15, 0.2) is 0 Å². The second kappa shape index (κ2) is 5.70. The summed E-state index contributed by atoms with van der Waals surface area (Å²) in [5.74, 6) is -4.23. The zero-order chi connectivity index (χ0) is 13.9. The molecule has 2 unspecified atom stereocenters. The fourth-order valence-electron chi connectivity index (χ4n) is 2.05. The summed E-state index contributed by atoms with van der Waals surface area (Å²) < 4.78 is 0. The van der Waals surface area contributed by atoms with Gasteiger partial charge in [-0.2, -0.15) is 0 Å². The summed E-state index contributed by atoms with van der Waals surface area (Å²) in [5, 5.41) is 18.0. The number of amides is 2. The van der Waals surface area contributed by atoms with Gasteiger partial charge < -0.3 is 20.0 Å². The molecule has 0 aromatic heterocycles. The summed E-state index contributed by atoms with van der Waals surface area (Å²) in [4.78, 5) is 36.8. The fraction of sp³-hybridized carbons (Fsp3) is 0.727. The van der Waals surface area contributed by atoms with Crippen molar-refractivity contribution in [3.63, 3.8) is 0 Å². The SMILES string of the molecule is CCN(C)C(=O)N1CCC(C(=O)O)C(C(=O)O)C1. The number of piperidine rings is 1. The van der Waals surface area contributed by atoms with Crippen molar-refractivity contribution in [3.8, 4) is 0 Å². The molecule has 0 aliphatic carbocycles. The minimum absolute atomic E-state index is 0.0462. The number of likely N-dealkylation sites (tertiary alicyclic amines) is 1. The van der Waals surface area contributed by atoms with Crippen molar-refractivity contribution in [3.05, 3.63) is 0 Å². The molecule has 1 rings (SSSR count). The Labute approximate surface area is 105 Å². The van der Waals surface area contributed by atoms with E-state index < -0.39 is 23.8 Å². The van der Waals surface area contributed by atoms with Crippen molar-refractivity contribution in [2.45, 2.75) is 13.3 Å². The second-order valence-corrected chi connectivity index (χ2v) is 4.42. The van der Waals surface area contributed by atoms with Crippen LogP contribution in [0.5, 0.6) is 0 Å². The largest absolute Gasteiger partial charge is 0.481 e. The minimum Gasteiger partial charge on any atom is -0.481 e. The highest BCUT2D eigenvalue weighted by atomic mass is 16.4. The molecule has 2 atom stereocenters. The minimum atomic E-state index is -1.17. The maximum Gasteiger partial charge on any atom is 0.319 e. The summed E-state index contributed by atoms with van der Waals surface area (Å²) in [7, 11) is 1.63. The molecule has 0 saturated carbocycles. The van der Waals surface area contributed by atoms with Crippen molar-refractivity contribution < 1.29 is 24.6 Å². The lowest BCUT2D eigenvalue weighted by molar-refractivity contribution is -0.156. The van der Waals surface area contributed by atoms with Gasteiger partial charge in [0.15, 0.2) is 0 Å². The number of rotatable bonds is 3. The molecular weight excluding hydrogens is 240 g/mol. The van der Waals surface area contributed by atoms with Crippen LogP contribution in [0.3, 0.4) is 0 Å². The van der Waals surface area contributed by atoms with E-state index in [1.54, 1.807) is 7.05 Å². The summed E-state index contributed by atoms with van der Waals surface area (Å²) in [5.41, 5.74) is 0. The summed E-state index contributed by atoms with van der Waals surface area (Å²) >= 11 is 0. The van der Waals surface area contributed by atoms with Crippen molar-refractivity contribution in [2.75, 3.05) is 26.7 Å². The molecule has 7 heteroatoms. The molecule has 7 nitrogen and oxygen atoms in total. The van der Waals surface area contributed by atoms with Crippen molar-refractivity contribution >= 4 is 18.0 Å². The molecule has 2 amide bonds. The van der Waals surface area contributed by atoms with E-state index in [1.165, 1.54) is 9.80 Å². The third kappa shape index (κ3) is 2.91. The predicted octanol–water partition coefficient (Wildman–Crippen LogP) is 0.165. The number of carboxylic acid groups (broad SMARTS) is 2. The number of nitrogens with zero attached hydrogens (tertiary/aromatic N) is 2. The lowest BCUT2D eigenvalue weighted by Crippen LogP contribution is -2.51. The second-order valence-electron chi connectivity index (χ2n) is 4.42. The summed E-state index contributed by atoms with van der Waals surface area (Å²) in [6.07, 6.45) is 0.176. The maximum atomic E-state index is 11.9. The van der Waals surface area contributed by atoms with Crippen LogP contribution in [-0.4, -0.2) is 64.7 Å². The summed E-state index contributed by atoms with van der Waals surface area (Å²) in [6, 6.07) is -0.257. The van der Waals surface area contributed by atoms with Gasteiger partial charge in [0.05, 0.1) is 11.8 Å². The van der Waals surface area contributed by atoms with Crippen LogP contribution in [0, 0.1) is 11.8 Å². The van der Waals surface area contributed by atoms with Gasteiger partial charge in [-0.1, -0.05) is 0 Å². The molecule has 102 valence electrons. The molecule has 2 N–H and O–H groups in total. The van der Waals surface area contributed by atoms with Crippen molar-refractivity contribution in [1.29, 1.82) is 0 Å². The van der Waals surface area contributed by atoms with Crippen LogP contribution in [0.2, 0.25) is 0 Å². The molecule has 1 heterocycles. The molecule has 1 aliphatic rings. The number of aliphatic carboxylic acids is 2. The average Bonchev–Trinajstić information content (AvgIpc) is 2.35. The Bertz CT molecular complexity index is 357. The first-order chi connectivity index (χ1) is 8.38. The first-order valence-electron chi connectivity index (χ1n) is 5.84. The Balaban J connectivity index is 2.77. The van der Waals surface area contributed by atoms with Gasteiger partial charge in [0.2, 0.25) is 0 Å². The van der Waals surface area contributed by atoms with E-state index in [0.29, 0.717) is 6.54 Å². The molecule has 18 heavy (non-hydrogen) atoms. The van der Waals surface area contributed by atoms with Crippen LogP contribution in [0.1, 0.15) is 13.3 Å². The molecule has 1 aliphatic heterocycles. The Morgan fingerprint density at radius 3 is 2.22 bits per heavy atom. The highest BCUT2D eigenvalue weighted by Crippen LogP contribution is 2.24. The van der Waals surface area contributed by atoms with Gasteiger partial charge >= 0.3 is 18.0 Å². The van der Waals surface area contributed by atoms with Crippen molar-refractivity contribution in [2.24, 2.45) is 11.8 Å². The molecular formula is C11H18N2O5. The Morgan fingerprint density at radius 2 is 1.78 bits per heavy atom. The molecule has 1 saturated heterocycles. The fourth-order valence-corrected chi connectivity index (χ4v) is 2.05. The van der Waals surface area contributed by atoms with E-state index in [0.717, 1.165) is 0 Å². The Hall–Kier alpha value is -1.79. The molecule has 0 aromatic carbocycles. The number of hydrogen-bond donors (Lipinski definition) is 2. The van der Waals surface area contributed by atoms with E-state index in [2.05, 4.69) is 0 Å². The molecule has 0 spiro atoms. The Kier molecular flexibility index (Phi) is 4.52. The number of carbonyl (C=O) groups excluding carboxylic acids is 1. The van der Waals surface area contributed by atoms with Gasteiger partial charge in [-0.15, -0.1) is 0 Å². The number of urea groups is 1. The van der Waals surface area contributed by atoms with Gasteiger partial charge in [-0.05, 0) is 13.3 Å². The van der Waals surface area contributed by atoms with Crippen LogP contribution < -0.4 is 0 Å². The topological polar surface area (TPSA) is 98.2 Å². The van der Waals surface area contributed by atoms with Gasteiger partial charge in [0.1, 0.15) is 0 Å². The zero-order valence-electron chi connectivity index (χ0n) is 10.5. The number of carboxylic acids is 2. The molecule has 0 bridgehead atoms. The summed E-state index contributed by atoms with van der Waals surface area (Å²) in [6.45, 7) is 2.57. The normalized spacial score (nSPS) is 23.6. The smallest absolute Gasteiger partial charge is 0.319 e. The standard InChI is InChI=1S/C11H18N2O5/c1-3-12(2)11(18)13-5-4-7(9(14)15)8(6-13)10(16)17/h7-8H,3-6H2,1-2H3,(H,14,15)(H,16,17). The van der Waals surface area contributed by atoms with E-state index in [9.17, 15) is 14.4 Å². The van der Waals surface area contributed by atoms with Crippen molar-refractivity contribution in [1.82, 2.24) is 9.80 Å². The van der Waals surface area contributed by atoms with E-state index in [1.807, 2.05) is 6.92 Å². The predicted molar refractivity (Wildman–Crippen MR) is 62.1 cm³/mol. The lowest BCUT2D eigenvalue weighted by Gasteiger charge is -2.36. The van der Waals surface area contributed by atoms with E-state index >= 15 is 0 Å². The monoisotopic (exact) mass is 258 g/mol. The first-order valence-corrected chi connectivity index (χ1v) is 5.84. The van der Waals surface area contributed by atoms with Crippen LogP contribution in [0.4, 0.5) is 4.79 Å². The number of carbonyl (C=O) groups is 3. The molecule has 1 fully saturated rings. The van der Waals surface area contributed by atoms with Gasteiger partial charge in [-0.25, -0.2) is 4.79 Å². The van der Waals surface area contributed by atoms with Gasteiger partial charge in [-0.3, -0.25) is 9.59 Å². The molecule has 0 radical (unpaired) electrons. The first kappa shape index (κ1) is 14.3. The van der Waals surface area contributed by atoms with Crippen LogP contribution in [-0.2, 0) is 9.59 Å². The highest BCUT2D eigenvalue weighted by Gasteiger charge is 2.40. The quantitative estimate of drug-likeness (QED) is 0.751. The van der Waals surface area contributed by atoms with Crippen LogP contribution >= 0.6 is 0 Å². The highest BCUT2D eigenvalue weighted by molar-refractivity contribution is 5.82. The zero-order valence-corrected chi connectivity index (χ0v) is 10.5. The third-order valence-electron chi connectivity index (χ3n) is 3.32.